The van der Waals surface area contributed by atoms with Crippen LogP contribution in [-0.4, -0.2) is 28.2 Å². The number of amides is 1. The SMILES string of the molecule is CC(NC(=O)C1CCCO1)c1nc2ccccc2n1C(C)c1ccccc1. The van der Waals surface area contributed by atoms with Crippen molar-refractivity contribution in [1.29, 1.82) is 0 Å². The fourth-order valence-electron chi connectivity index (χ4n) is 3.81. The number of para-hydroxylation sites is 2. The minimum atomic E-state index is -0.336. The van der Waals surface area contributed by atoms with Gasteiger partial charge in [0.15, 0.2) is 0 Å². The van der Waals surface area contributed by atoms with Gasteiger partial charge in [0.1, 0.15) is 11.9 Å². The molecule has 3 atom stereocenters. The molecule has 3 unspecified atom stereocenters. The van der Waals surface area contributed by atoms with E-state index in [1.54, 1.807) is 0 Å². The number of imidazole rings is 1. The van der Waals surface area contributed by atoms with Crippen molar-refractivity contribution in [3.8, 4) is 0 Å². The molecule has 27 heavy (non-hydrogen) atoms. The van der Waals surface area contributed by atoms with Gasteiger partial charge < -0.3 is 14.6 Å². The molecule has 5 nitrogen and oxygen atoms in total. The smallest absolute Gasteiger partial charge is 0.249 e. The molecule has 1 saturated heterocycles. The molecule has 1 aliphatic heterocycles. The number of fused-ring (bicyclic) bond motifs is 1. The number of carbonyl (C=O) groups excluding carboxylic acids is 1. The van der Waals surface area contributed by atoms with Gasteiger partial charge in [-0.15, -0.1) is 0 Å². The topological polar surface area (TPSA) is 56.1 Å². The summed E-state index contributed by atoms with van der Waals surface area (Å²) in [5.41, 5.74) is 3.22. The number of hydrogen-bond acceptors (Lipinski definition) is 3. The van der Waals surface area contributed by atoms with E-state index < -0.39 is 0 Å². The molecule has 1 N–H and O–H groups in total. The zero-order chi connectivity index (χ0) is 18.8. The molecular formula is C22H25N3O2. The summed E-state index contributed by atoms with van der Waals surface area (Å²) in [6.07, 6.45) is 1.39. The largest absolute Gasteiger partial charge is 0.368 e. The number of rotatable bonds is 5. The molecule has 5 heteroatoms. The Bertz CT molecular complexity index is 929. The van der Waals surface area contributed by atoms with Crippen molar-refractivity contribution in [2.24, 2.45) is 0 Å². The predicted octanol–water partition coefficient (Wildman–Crippen LogP) is 4.00. The van der Waals surface area contributed by atoms with Crippen molar-refractivity contribution >= 4 is 16.9 Å². The first-order chi connectivity index (χ1) is 13.1. The highest BCUT2D eigenvalue weighted by Crippen LogP contribution is 2.29. The Balaban J connectivity index is 1.70. The van der Waals surface area contributed by atoms with Gasteiger partial charge in [-0.2, -0.15) is 0 Å². The van der Waals surface area contributed by atoms with Crippen molar-refractivity contribution in [3.63, 3.8) is 0 Å². The molecule has 1 aromatic heterocycles. The third-order valence-electron chi connectivity index (χ3n) is 5.26. The average Bonchev–Trinajstić information content (AvgIpc) is 3.36. The summed E-state index contributed by atoms with van der Waals surface area (Å²) >= 11 is 0. The first-order valence-electron chi connectivity index (χ1n) is 9.59. The molecule has 1 amide bonds. The van der Waals surface area contributed by atoms with Gasteiger partial charge in [-0.25, -0.2) is 4.98 Å². The lowest BCUT2D eigenvalue weighted by atomic mass is 10.1. The number of hydrogen-bond donors (Lipinski definition) is 1. The molecule has 0 aliphatic carbocycles. The second-order valence-corrected chi connectivity index (χ2v) is 7.15. The van der Waals surface area contributed by atoms with Crippen LogP contribution in [0.3, 0.4) is 0 Å². The van der Waals surface area contributed by atoms with Gasteiger partial charge >= 0.3 is 0 Å². The van der Waals surface area contributed by atoms with E-state index >= 15 is 0 Å². The highest BCUT2D eigenvalue weighted by atomic mass is 16.5. The van der Waals surface area contributed by atoms with Gasteiger partial charge in [0.25, 0.3) is 0 Å². The lowest BCUT2D eigenvalue weighted by Gasteiger charge is -2.22. The summed E-state index contributed by atoms with van der Waals surface area (Å²) in [4.78, 5) is 17.4. The first kappa shape index (κ1) is 17.7. The number of aromatic nitrogens is 2. The number of benzene rings is 2. The van der Waals surface area contributed by atoms with Crippen molar-refractivity contribution in [2.75, 3.05) is 6.61 Å². The summed E-state index contributed by atoms with van der Waals surface area (Å²) in [5, 5.41) is 3.10. The zero-order valence-corrected chi connectivity index (χ0v) is 15.8. The normalized spacial score (nSPS) is 19.1. The molecule has 2 heterocycles. The van der Waals surface area contributed by atoms with Crippen molar-refractivity contribution < 1.29 is 9.53 Å². The summed E-state index contributed by atoms with van der Waals surface area (Å²) < 4.78 is 7.75. The quantitative estimate of drug-likeness (QED) is 0.745. The van der Waals surface area contributed by atoms with Gasteiger partial charge in [-0.05, 0) is 44.4 Å². The van der Waals surface area contributed by atoms with E-state index in [0.717, 1.165) is 29.7 Å². The molecule has 0 spiro atoms. The molecule has 0 bridgehead atoms. The molecule has 3 aromatic rings. The van der Waals surface area contributed by atoms with Gasteiger partial charge in [0, 0.05) is 6.61 Å². The van der Waals surface area contributed by atoms with E-state index in [-0.39, 0.29) is 24.1 Å². The molecule has 140 valence electrons. The minimum absolute atomic E-state index is 0.0500. The first-order valence-corrected chi connectivity index (χ1v) is 9.59. The van der Waals surface area contributed by atoms with Crippen LogP contribution in [0.5, 0.6) is 0 Å². The Morgan fingerprint density at radius 2 is 1.89 bits per heavy atom. The second-order valence-electron chi connectivity index (χ2n) is 7.15. The fourth-order valence-corrected chi connectivity index (χ4v) is 3.81. The Labute approximate surface area is 159 Å². The maximum absolute atomic E-state index is 12.5. The Morgan fingerprint density at radius 1 is 1.15 bits per heavy atom. The number of carbonyl (C=O) groups is 1. The average molecular weight is 363 g/mol. The minimum Gasteiger partial charge on any atom is -0.368 e. The third kappa shape index (κ3) is 3.47. The highest BCUT2D eigenvalue weighted by Gasteiger charge is 2.27. The van der Waals surface area contributed by atoms with Crippen molar-refractivity contribution in [2.45, 2.75) is 44.9 Å². The van der Waals surface area contributed by atoms with Crippen LogP contribution in [0.25, 0.3) is 11.0 Å². The Hall–Kier alpha value is -2.66. The van der Waals surface area contributed by atoms with E-state index in [1.807, 2.05) is 43.3 Å². The third-order valence-corrected chi connectivity index (χ3v) is 5.26. The summed E-state index contributed by atoms with van der Waals surface area (Å²) in [5.74, 6) is 0.810. The summed E-state index contributed by atoms with van der Waals surface area (Å²) in [6, 6.07) is 18.4. The molecule has 4 rings (SSSR count). The lowest BCUT2D eigenvalue weighted by Crippen LogP contribution is -2.37. The van der Waals surface area contributed by atoms with Crippen molar-refractivity contribution in [3.05, 3.63) is 66.0 Å². The second kappa shape index (κ2) is 7.53. The van der Waals surface area contributed by atoms with Crippen LogP contribution < -0.4 is 5.32 Å². The monoisotopic (exact) mass is 363 g/mol. The maximum atomic E-state index is 12.5. The van der Waals surface area contributed by atoms with Gasteiger partial charge in [0.05, 0.1) is 23.1 Å². The predicted molar refractivity (Wildman–Crippen MR) is 106 cm³/mol. The van der Waals surface area contributed by atoms with Crippen LogP contribution in [-0.2, 0) is 9.53 Å². The number of nitrogens with one attached hydrogen (secondary N) is 1. The summed E-state index contributed by atoms with van der Waals surface area (Å²) in [7, 11) is 0. The van der Waals surface area contributed by atoms with E-state index in [1.165, 1.54) is 5.56 Å². The lowest BCUT2D eigenvalue weighted by molar-refractivity contribution is -0.130. The van der Waals surface area contributed by atoms with Crippen LogP contribution in [0, 0.1) is 0 Å². The zero-order valence-electron chi connectivity index (χ0n) is 15.8. The molecule has 0 radical (unpaired) electrons. The summed E-state index contributed by atoms with van der Waals surface area (Å²) in [6.45, 7) is 4.82. The number of ether oxygens (including phenoxy) is 1. The number of nitrogens with zero attached hydrogens (tertiary/aromatic N) is 2. The molecule has 1 fully saturated rings. The van der Waals surface area contributed by atoms with Crippen LogP contribution >= 0.6 is 0 Å². The van der Waals surface area contributed by atoms with E-state index in [2.05, 4.69) is 35.0 Å². The van der Waals surface area contributed by atoms with Gasteiger partial charge in [-0.3, -0.25) is 4.79 Å². The van der Waals surface area contributed by atoms with Crippen LogP contribution in [0.2, 0.25) is 0 Å². The van der Waals surface area contributed by atoms with Gasteiger partial charge in [0.2, 0.25) is 5.91 Å². The highest BCUT2D eigenvalue weighted by molar-refractivity contribution is 5.81. The standard InChI is InChI=1S/C22H25N3O2/c1-15(23-22(26)20-13-8-14-27-20)21-24-18-11-6-7-12-19(18)25(21)16(2)17-9-4-3-5-10-17/h3-7,9-12,15-16,20H,8,13-14H2,1-2H3,(H,23,26). The van der Waals surface area contributed by atoms with Gasteiger partial charge in [-0.1, -0.05) is 42.5 Å². The Morgan fingerprint density at radius 3 is 2.63 bits per heavy atom. The van der Waals surface area contributed by atoms with Crippen LogP contribution in [0.15, 0.2) is 54.6 Å². The van der Waals surface area contributed by atoms with E-state index in [9.17, 15) is 4.79 Å². The molecule has 2 aromatic carbocycles. The maximum Gasteiger partial charge on any atom is 0.249 e. The molecule has 1 aliphatic rings. The molecule has 0 saturated carbocycles. The Kier molecular flexibility index (Phi) is 4.94. The van der Waals surface area contributed by atoms with Crippen LogP contribution in [0.1, 0.15) is 50.2 Å². The van der Waals surface area contributed by atoms with Crippen LogP contribution in [0.4, 0.5) is 0 Å². The fraction of sp³-hybridized carbons (Fsp3) is 0.364. The van der Waals surface area contributed by atoms with E-state index in [0.29, 0.717) is 6.61 Å². The van der Waals surface area contributed by atoms with E-state index in [4.69, 9.17) is 9.72 Å². The molecular weight excluding hydrogens is 338 g/mol. The van der Waals surface area contributed by atoms with Crippen molar-refractivity contribution in [1.82, 2.24) is 14.9 Å².